The number of imidazole rings is 1. The molecule has 2 fully saturated rings. The summed E-state index contributed by atoms with van der Waals surface area (Å²) in [5, 5.41) is 4.88. The van der Waals surface area contributed by atoms with Gasteiger partial charge in [-0.3, -0.25) is 0 Å². The van der Waals surface area contributed by atoms with Gasteiger partial charge in [0.25, 0.3) is 0 Å². The molecule has 4 heterocycles. The molecule has 0 spiro atoms. The topological polar surface area (TPSA) is 66.2 Å². The molecule has 0 bridgehead atoms. The van der Waals surface area contributed by atoms with Crippen LogP contribution in [0.1, 0.15) is 19.3 Å². The second kappa shape index (κ2) is 8.45. The second-order valence-electron chi connectivity index (χ2n) is 8.11. The van der Waals surface area contributed by atoms with Gasteiger partial charge in [0.05, 0.1) is 19.0 Å². The van der Waals surface area contributed by atoms with Crippen molar-refractivity contribution in [1.29, 1.82) is 0 Å². The predicted molar refractivity (Wildman–Crippen MR) is 120 cm³/mol. The minimum Gasteiger partial charge on any atom is -0.496 e. The molecular formula is C23H28N6O2. The van der Waals surface area contributed by atoms with Crippen molar-refractivity contribution in [2.75, 3.05) is 51.3 Å². The lowest BCUT2D eigenvalue weighted by atomic mass is 10.1. The van der Waals surface area contributed by atoms with Gasteiger partial charge < -0.3 is 19.4 Å². The number of amides is 2. The molecule has 0 aliphatic carbocycles. The SMILES string of the molecule is COc1ccccc1-c1cnc2ccc(N3CCN(C(=O)N4CCCCC4)CC3)nn12. The molecule has 2 aliphatic rings. The number of fused-ring (bicyclic) bond motifs is 1. The van der Waals surface area contributed by atoms with Crippen LogP contribution in [0.15, 0.2) is 42.6 Å². The number of rotatable bonds is 3. The Balaban J connectivity index is 1.34. The number of methoxy groups -OCH3 is 1. The van der Waals surface area contributed by atoms with E-state index in [-0.39, 0.29) is 6.03 Å². The maximum atomic E-state index is 12.8. The Labute approximate surface area is 182 Å². The second-order valence-corrected chi connectivity index (χ2v) is 8.11. The fraction of sp³-hybridized carbons (Fsp3) is 0.435. The highest BCUT2D eigenvalue weighted by atomic mass is 16.5. The maximum absolute atomic E-state index is 12.8. The van der Waals surface area contributed by atoms with Crippen LogP contribution in [-0.2, 0) is 0 Å². The van der Waals surface area contributed by atoms with Crippen molar-refractivity contribution in [1.82, 2.24) is 24.4 Å². The Morgan fingerprint density at radius 2 is 1.65 bits per heavy atom. The summed E-state index contributed by atoms with van der Waals surface area (Å²) in [6.07, 6.45) is 5.31. The zero-order chi connectivity index (χ0) is 21.2. The Morgan fingerprint density at radius 1 is 0.903 bits per heavy atom. The molecule has 3 aromatic rings. The predicted octanol–water partition coefficient (Wildman–Crippen LogP) is 3.13. The van der Waals surface area contributed by atoms with E-state index in [1.54, 1.807) is 7.11 Å². The Bertz CT molecular complexity index is 1070. The third-order valence-corrected chi connectivity index (χ3v) is 6.23. The summed E-state index contributed by atoms with van der Waals surface area (Å²) < 4.78 is 7.40. The van der Waals surface area contributed by atoms with Crippen LogP contribution in [0.25, 0.3) is 16.9 Å². The average molecular weight is 421 g/mol. The first kappa shape index (κ1) is 19.7. The number of hydrogen-bond acceptors (Lipinski definition) is 5. The molecule has 2 amide bonds. The quantitative estimate of drug-likeness (QED) is 0.651. The Hall–Kier alpha value is -3.29. The minimum atomic E-state index is 0.191. The largest absolute Gasteiger partial charge is 0.496 e. The van der Waals surface area contributed by atoms with Gasteiger partial charge in [0, 0.05) is 44.8 Å². The van der Waals surface area contributed by atoms with Gasteiger partial charge >= 0.3 is 6.03 Å². The van der Waals surface area contributed by atoms with Crippen LogP contribution in [0.4, 0.5) is 10.6 Å². The van der Waals surface area contributed by atoms with Crippen LogP contribution in [0.3, 0.4) is 0 Å². The maximum Gasteiger partial charge on any atom is 0.320 e. The lowest BCUT2D eigenvalue weighted by Crippen LogP contribution is -2.53. The normalized spacial score (nSPS) is 17.3. The lowest BCUT2D eigenvalue weighted by Gasteiger charge is -2.38. The van der Waals surface area contributed by atoms with Crippen LogP contribution in [0.2, 0.25) is 0 Å². The molecule has 8 heteroatoms. The summed E-state index contributed by atoms with van der Waals surface area (Å²) >= 11 is 0. The van der Waals surface area contributed by atoms with Gasteiger partial charge in [-0.15, -0.1) is 5.10 Å². The van der Waals surface area contributed by atoms with Gasteiger partial charge in [-0.05, 0) is 43.5 Å². The van der Waals surface area contributed by atoms with Crippen LogP contribution in [0.5, 0.6) is 5.75 Å². The number of carbonyl (C=O) groups is 1. The van der Waals surface area contributed by atoms with E-state index in [1.165, 1.54) is 6.42 Å². The highest BCUT2D eigenvalue weighted by Gasteiger charge is 2.27. The molecule has 31 heavy (non-hydrogen) atoms. The van der Waals surface area contributed by atoms with Crippen molar-refractivity contribution >= 4 is 17.5 Å². The van der Waals surface area contributed by atoms with E-state index in [0.29, 0.717) is 0 Å². The molecule has 8 nitrogen and oxygen atoms in total. The first-order valence-corrected chi connectivity index (χ1v) is 11.0. The van der Waals surface area contributed by atoms with E-state index in [1.807, 2.05) is 56.9 Å². The van der Waals surface area contributed by atoms with Crippen molar-refractivity contribution in [3.05, 3.63) is 42.6 Å². The third-order valence-electron chi connectivity index (χ3n) is 6.23. The number of urea groups is 1. The van der Waals surface area contributed by atoms with Gasteiger partial charge in [-0.1, -0.05) is 12.1 Å². The zero-order valence-corrected chi connectivity index (χ0v) is 17.9. The number of carbonyl (C=O) groups excluding carboxylic acids is 1. The van der Waals surface area contributed by atoms with Gasteiger partial charge in [0.1, 0.15) is 11.6 Å². The summed E-state index contributed by atoms with van der Waals surface area (Å²) in [7, 11) is 1.67. The Morgan fingerprint density at radius 3 is 2.42 bits per heavy atom. The molecule has 0 saturated carbocycles. The number of aromatic nitrogens is 3. The van der Waals surface area contributed by atoms with Gasteiger partial charge in [-0.25, -0.2) is 14.3 Å². The van der Waals surface area contributed by atoms with Crippen molar-refractivity contribution in [2.45, 2.75) is 19.3 Å². The molecule has 0 atom stereocenters. The molecular weight excluding hydrogens is 392 g/mol. The summed E-state index contributed by atoms with van der Waals surface area (Å²) in [6.45, 7) is 4.78. The number of piperidine rings is 1. The van der Waals surface area contributed by atoms with E-state index < -0.39 is 0 Å². The van der Waals surface area contributed by atoms with Crippen LogP contribution >= 0.6 is 0 Å². The van der Waals surface area contributed by atoms with Crippen molar-refractivity contribution in [3.8, 4) is 17.0 Å². The molecule has 2 saturated heterocycles. The number of piperazine rings is 1. The number of ether oxygens (including phenoxy) is 1. The fourth-order valence-electron chi connectivity index (χ4n) is 4.48. The molecule has 2 aliphatic heterocycles. The number of para-hydroxylation sites is 1. The first-order chi connectivity index (χ1) is 15.2. The fourth-order valence-corrected chi connectivity index (χ4v) is 4.48. The average Bonchev–Trinajstić information content (AvgIpc) is 3.27. The highest BCUT2D eigenvalue weighted by molar-refractivity contribution is 5.75. The molecule has 0 radical (unpaired) electrons. The molecule has 5 rings (SSSR count). The summed E-state index contributed by atoms with van der Waals surface area (Å²) in [4.78, 5) is 23.5. The van der Waals surface area contributed by atoms with Gasteiger partial charge in [0.2, 0.25) is 0 Å². The number of benzene rings is 1. The summed E-state index contributed by atoms with van der Waals surface area (Å²) in [5.74, 6) is 1.69. The third kappa shape index (κ3) is 3.78. The number of likely N-dealkylation sites (tertiary alicyclic amines) is 1. The van der Waals surface area contributed by atoms with Crippen molar-refractivity contribution in [3.63, 3.8) is 0 Å². The van der Waals surface area contributed by atoms with E-state index in [9.17, 15) is 4.79 Å². The molecule has 162 valence electrons. The van der Waals surface area contributed by atoms with E-state index in [4.69, 9.17) is 9.84 Å². The monoisotopic (exact) mass is 420 g/mol. The highest BCUT2D eigenvalue weighted by Crippen LogP contribution is 2.30. The summed E-state index contributed by atoms with van der Waals surface area (Å²) in [5.41, 5.74) is 2.65. The van der Waals surface area contributed by atoms with Crippen LogP contribution in [0, 0.1) is 0 Å². The number of hydrogen-bond donors (Lipinski definition) is 0. The molecule has 0 N–H and O–H groups in total. The van der Waals surface area contributed by atoms with E-state index in [2.05, 4.69) is 9.88 Å². The standard InChI is InChI=1S/C23H28N6O2/c1-31-20-8-4-3-7-18(20)19-17-24-21-9-10-22(25-29(19)21)26-13-15-28(16-14-26)23(30)27-11-5-2-6-12-27/h3-4,7-10,17H,2,5-6,11-16H2,1H3. The number of nitrogens with zero attached hydrogens (tertiary/aromatic N) is 6. The first-order valence-electron chi connectivity index (χ1n) is 11.0. The Kier molecular flexibility index (Phi) is 5.36. The summed E-state index contributed by atoms with van der Waals surface area (Å²) in [6, 6.07) is 12.1. The van der Waals surface area contributed by atoms with Crippen LogP contribution < -0.4 is 9.64 Å². The van der Waals surface area contributed by atoms with Gasteiger partial charge in [0.15, 0.2) is 5.65 Å². The molecule has 2 aromatic heterocycles. The van der Waals surface area contributed by atoms with Gasteiger partial charge in [-0.2, -0.15) is 0 Å². The zero-order valence-electron chi connectivity index (χ0n) is 17.9. The van der Waals surface area contributed by atoms with E-state index in [0.717, 1.165) is 80.6 Å². The molecule has 1 aromatic carbocycles. The minimum absolute atomic E-state index is 0.191. The lowest BCUT2D eigenvalue weighted by molar-refractivity contribution is 0.141. The van der Waals surface area contributed by atoms with E-state index >= 15 is 0 Å². The smallest absolute Gasteiger partial charge is 0.320 e. The van der Waals surface area contributed by atoms with Crippen LogP contribution in [-0.4, -0.2) is 76.8 Å². The van der Waals surface area contributed by atoms with Crippen molar-refractivity contribution < 1.29 is 9.53 Å². The molecule has 0 unspecified atom stereocenters. The van der Waals surface area contributed by atoms with Crippen molar-refractivity contribution in [2.24, 2.45) is 0 Å². The number of anilines is 1.